The third kappa shape index (κ3) is 4.51. The number of halogens is 2. The topological polar surface area (TPSA) is 79.2 Å². The highest BCUT2D eigenvalue weighted by Gasteiger charge is 2.27. The van der Waals surface area contributed by atoms with E-state index in [1.165, 1.54) is 13.1 Å². The van der Waals surface area contributed by atoms with Crippen molar-refractivity contribution in [1.82, 2.24) is 15.1 Å². The fourth-order valence-corrected chi connectivity index (χ4v) is 2.23. The summed E-state index contributed by atoms with van der Waals surface area (Å²) in [7, 11) is 0. The molecule has 3 N–H and O–H groups in total. The average molecular weight is 338 g/mol. The molecule has 0 fully saturated rings. The zero-order chi connectivity index (χ0) is 17.7. The van der Waals surface area contributed by atoms with Crippen LogP contribution in [0, 0.1) is 11.6 Å². The molecule has 0 aliphatic carbocycles. The van der Waals surface area contributed by atoms with Gasteiger partial charge in [0.2, 0.25) is 0 Å². The van der Waals surface area contributed by atoms with Gasteiger partial charge in [0.25, 0.3) is 0 Å². The Balaban J connectivity index is 1.94. The molecule has 1 aromatic heterocycles. The molecule has 0 bridgehead atoms. The molecule has 0 radical (unpaired) electrons. The van der Waals surface area contributed by atoms with E-state index < -0.39 is 23.3 Å². The number of nitrogens with zero attached hydrogens (tertiary/aromatic N) is 2. The maximum Gasteiger partial charge on any atom is 0.319 e. The third-order valence-electron chi connectivity index (χ3n) is 3.45. The molecule has 24 heavy (non-hydrogen) atoms. The molecule has 2 rings (SSSR count). The summed E-state index contributed by atoms with van der Waals surface area (Å²) in [5, 5.41) is 19.4. The Morgan fingerprint density at radius 2 is 2.17 bits per heavy atom. The summed E-state index contributed by atoms with van der Waals surface area (Å²) >= 11 is 0. The van der Waals surface area contributed by atoms with Crippen molar-refractivity contribution >= 4 is 11.7 Å². The maximum atomic E-state index is 13.8. The highest BCUT2D eigenvalue weighted by atomic mass is 19.1. The number of anilines is 1. The lowest BCUT2D eigenvalue weighted by atomic mass is 9.95. The van der Waals surface area contributed by atoms with E-state index in [1.54, 1.807) is 10.9 Å². The van der Waals surface area contributed by atoms with Gasteiger partial charge in [-0.3, -0.25) is 4.68 Å². The minimum Gasteiger partial charge on any atom is -0.383 e. The SMILES string of the molecule is CCCn1cc(NC(=O)NCC(C)(O)c2ccc(F)cc2F)cn1. The number of benzene rings is 1. The van der Waals surface area contributed by atoms with Gasteiger partial charge in [-0.15, -0.1) is 0 Å². The van der Waals surface area contributed by atoms with Crippen LogP contribution in [0.3, 0.4) is 0 Å². The largest absolute Gasteiger partial charge is 0.383 e. The van der Waals surface area contributed by atoms with Crippen molar-refractivity contribution in [3.8, 4) is 0 Å². The predicted molar refractivity (Wildman–Crippen MR) is 85.5 cm³/mol. The number of carbonyl (C=O) groups is 1. The molecule has 2 amide bonds. The van der Waals surface area contributed by atoms with Gasteiger partial charge in [0.1, 0.15) is 17.2 Å². The average Bonchev–Trinajstić information content (AvgIpc) is 2.92. The number of nitrogens with one attached hydrogen (secondary N) is 2. The summed E-state index contributed by atoms with van der Waals surface area (Å²) in [6.07, 6.45) is 4.10. The maximum absolute atomic E-state index is 13.8. The second-order valence-electron chi connectivity index (χ2n) is 5.70. The molecule has 1 heterocycles. The van der Waals surface area contributed by atoms with E-state index in [1.807, 2.05) is 6.92 Å². The Morgan fingerprint density at radius 3 is 2.83 bits per heavy atom. The summed E-state index contributed by atoms with van der Waals surface area (Å²) in [4.78, 5) is 11.9. The Bertz CT molecular complexity index is 716. The molecule has 2 aromatic rings. The number of hydrogen-bond acceptors (Lipinski definition) is 3. The van der Waals surface area contributed by atoms with Crippen molar-refractivity contribution in [2.75, 3.05) is 11.9 Å². The van der Waals surface area contributed by atoms with Crippen molar-refractivity contribution in [2.45, 2.75) is 32.4 Å². The highest BCUT2D eigenvalue weighted by Crippen LogP contribution is 2.23. The van der Waals surface area contributed by atoms with E-state index in [9.17, 15) is 18.7 Å². The molecular formula is C16H20F2N4O2. The first-order valence-corrected chi connectivity index (χ1v) is 7.57. The van der Waals surface area contributed by atoms with Gasteiger partial charge >= 0.3 is 6.03 Å². The molecule has 0 aliphatic heterocycles. The molecule has 0 saturated carbocycles. The number of aryl methyl sites for hydroxylation is 1. The smallest absolute Gasteiger partial charge is 0.319 e. The van der Waals surface area contributed by atoms with Gasteiger partial charge in [-0.1, -0.05) is 13.0 Å². The molecule has 8 heteroatoms. The number of urea groups is 1. The van der Waals surface area contributed by atoms with Gasteiger partial charge in [0.15, 0.2) is 0 Å². The molecule has 6 nitrogen and oxygen atoms in total. The van der Waals surface area contributed by atoms with Crippen molar-refractivity contribution < 1.29 is 18.7 Å². The molecular weight excluding hydrogens is 318 g/mol. The quantitative estimate of drug-likeness (QED) is 0.757. The zero-order valence-electron chi connectivity index (χ0n) is 13.5. The summed E-state index contributed by atoms with van der Waals surface area (Å²) in [6.45, 7) is 3.84. The number of carbonyl (C=O) groups excluding carboxylic acids is 1. The van der Waals surface area contributed by atoms with E-state index in [0.717, 1.165) is 25.1 Å². The molecule has 1 atom stereocenters. The normalized spacial score (nSPS) is 13.4. The second-order valence-corrected chi connectivity index (χ2v) is 5.70. The minimum atomic E-state index is -1.68. The van der Waals surface area contributed by atoms with Gasteiger partial charge < -0.3 is 15.7 Å². The van der Waals surface area contributed by atoms with Crippen LogP contribution in [0.2, 0.25) is 0 Å². The van der Waals surface area contributed by atoms with Gasteiger partial charge in [-0.2, -0.15) is 5.10 Å². The lowest BCUT2D eigenvalue weighted by Gasteiger charge is -2.24. The Morgan fingerprint density at radius 1 is 1.42 bits per heavy atom. The summed E-state index contributed by atoms with van der Waals surface area (Å²) in [5.74, 6) is -1.61. The Labute approximate surface area is 138 Å². The van der Waals surface area contributed by atoms with E-state index in [0.29, 0.717) is 11.8 Å². The monoisotopic (exact) mass is 338 g/mol. The van der Waals surface area contributed by atoms with Gasteiger partial charge in [0, 0.05) is 24.4 Å². The van der Waals surface area contributed by atoms with Crippen LogP contribution in [0.4, 0.5) is 19.3 Å². The number of amides is 2. The lowest BCUT2D eigenvalue weighted by Crippen LogP contribution is -2.41. The molecule has 1 aromatic carbocycles. The van der Waals surface area contributed by atoms with Crippen molar-refractivity contribution in [1.29, 1.82) is 0 Å². The first-order valence-electron chi connectivity index (χ1n) is 7.57. The van der Waals surface area contributed by atoms with Crippen LogP contribution in [-0.4, -0.2) is 27.5 Å². The first-order chi connectivity index (χ1) is 11.3. The number of rotatable bonds is 6. The number of aliphatic hydroxyl groups is 1. The Kier molecular flexibility index (Phi) is 5.50. The molecule has 0 spiro atoms. The highest BCUT2D eigenvalue weighted by molar-refractivity contribution is 5.88. The van der Waals surface area contributed by atoms with Crippen molar-refractivity contribution in [2.24, 2.45) is 0 Å². The van der Waals surface area contributed by atoms with E-state index in [2.05, 4.69) is 15.7 Å². The van der Waals surface area contributed by atoms with Crippen LogP contribution in [-0.2, 0) is 12.1 Å². The standard InChI is InChI=1S/C16H20F2N4O2/c1-3-6-22-9-12(8-20-22)21-15(23)19-10-16(2,24)13-5-4-11(17)7-14(13)18/h4-5,7-9,24H,3,6,10H2,1-2H3,(H2,19,21,23). The number of hydrogen-bond donors (Lipinski definition) is 3. The fraction of sp³-hybridized carbons (Fsp3) is 0.375. The van der Waals surface area contributed by atoms with E-state index in [4.69, 9.17) is 0 Å². The summed E-state index contributed by atoms with van der Waals surface area (Å²) < 4.78 is 28.4. The second kappa shape index (κ2) is 7.39. The lowest BCUT2D eigenvalue weighted by molar-refractivity contribution is 0.0561. The predicted octanol–water partition coefficient (Wildman–Crippen LogP) is 2.60. The molecule has 130 valence electrons. The van der Waals surface area contributed by atoms with Crippen LogP contribution >= 0.6 is 0 Å². The third-order valence-corrected chi connectivity index (χ3v) is 3.45. The van der Waals surface area contributed by atoms with Crippen LogP contribution < -0.4 is 10.6 Å². The van der Waals surface area contributed by atoms with Crippen LogP contribution in [0.25, 0.3) is 0 Å². The number of aromatic nitrogens is 2. The van der Waals surface area contributed by atoms with Crippen LogP contribution in [0.5, 0.6) is 0 Å². The van der Waals surface area contributed by atoms with Gasteiger partial charge in [-0.25, -0.2) is 13.6 Å². The first kappa shape index (κ1) is 17.9. The van der Waals surface area contributed by atoms with E-state index in [-0.39, 0.29) is 12.1 Å². The zero-order valence-corrected chi connectivity index (χ0v) is 13.5. The van der Waals surface area contributed by atoms with Crippen LogP contribution in [0.1, 0.15) is 25.8 Å². The molecule has 0 saturated heterocycles. The Hall–Kier alpha value is -2.48. The summed E-state index contributed by atoms with van der Waals surface area (Å²) in [5.41, 5.74) is -1.27. The minimum absolute atomic E-state index is 0.0973. The molecule has 1 unspecified atom stereocenters. The van der Waals surface area contributed by atoms with Crippen molar-refractivity contribution in [3.05, 3.63) is 47.8 Å². The van der Waals surface area contributed by atoms with Crippen molar-refractivity contribution in [3.63, 3.8) is 0 Å². The van der Waals surface area contributed by atoms with Gasteiger partial charge in [-0.05, 0) is 19.4 Å². The van der Waals surface area contributed by atoms with Gasteiger partial charge in [0.05, 0.1) is 18.4 Å². The molecule has 0 aliphatic rings. The van der Waals surface area contributed by atoms with E-state index >= 15 is 0 Å². The summed E-state index contributed by atoms with van der Waals surface area (Å²) in [6, 6.07) is 2.33. The fourth-order valence-electron chi connectivity index (χ4n) is 2.23. The van der Waals surface area contributed by atoms with Crippen LogP contribution in [0.15, 0.2) is 30.6 Å².